The second-order valence-electron chi connectivity index (χ2n) is 7.42. The van der Waals surface area contributed by atoms with Crippen LogP contribution in [0.25, 0.3) is 0 Å². The van der Waals surface area contributed by atoms with Crippen LogP contribution in [0.3, 0.4) is 0 Å². The topological polar surface area (TPSA) is 46.5 Å². The van der Waals surface area contributed by atoms with E-state index in [1.165, 1.54) is 84.2 Å². The fraction of sp³-hybridized carbons (Fsp3) is 0.957. The standard InChI is InChI=1S/C17H34O2.C6H14O/c1-3-4-5-6-7-8-9-10-11-12-13-14-15-16-17(18)19-2;1-3-5-6(7)4-2/h3-16H2,1-2H3;6-7H,3-5H2,1-2H3. The molecule has 0 aromatic carbocycles. The minimum Gasteiger partial charge on any atom is -0.469 e. The third-order valence-electron chi connectivity index (χ3n) is 4.81. The number of hydrogen-bond acceptors (Lipinski definition) is 3. The summed E-state index contributed by atoms with van der Waals surface area (Å²) < 4.78 is 4.62. The summed E-state index contributed by atoms with van der Waals surface area (Å²) >= 11 is 0. The lowest BCUT2D eigenvalue weighted by molar-refractivity contribution is -0.140. The van der Waals surface area contributed by atoms with E-state index in [4.69, 9.17) is 5.11 Å². The highest BCUT2D eigenvalue weighted by Crippen LogP contribution is 2.12. The van der Waals surface area contributed by atoms with Crippen LogP contribution < -0.4 is 0 Å². The van der Waals surface area contributed by atoms with E-state index < -0.39 is 0 Å². The van der Waals surface area contributed by atoms with Gasteiger partial charge in [0.15, 0.2) is 0 Å². The van der Waals surface area contributed by atoms with E-state index in [-0.39, 0.29) is 12.1 Å². The molecule has 0 saturated heterocycles. The van der Waals surface area contributed by atoms with Crippen molar-refractivity contribution < 1.29 is 14.6 Å². The van der Waals surface area contributed by atoms with E-state index in [1.54, 1.807) is 0 Å². The summed E-state index contributed by atoms with van der Waals surface area (Å²) in [6.07, 6.45) is 20.9. The number of carbonyl (C=O) groups is 1. The zero-order chi connectivity index (χ0) is 19.9. The molecule has 3 nitrogen and oxygen atoms in total. The minimum atomic E-state index is -0.0666. The Bertz CT molecular complexity index is 266. The number of methoxy groups -OCH3 is 1. The van der Waals surface area contributed by atoms with Crippen LogP contribution >= 0.6 is 0 Å². The van der Waals surface area contributed by atoms with Gasteiger partial charge in [-0.15, -0.1) is 0 Å². The fourth-order valence-corrected chi connectivity index (χ4v) is 2.93. The summed E-state index contributed by atoms with van der Waals surface area (Å²) in [5, 5.41) is 8.86. The predicted molar refractivity (Wildman–Crippen MR) is 114 cm³/mol. The molecular formula is C23H48O3. The maximum absolute atomic E-state index is 10.9. The van der Waals surface area contributed by atoms with Crippen LogP contribution in [0.5, 0.6) is 0 Å². The van der Waals surface area contributed by atoms with Gasteiger partial charge in [0.1, 0.15) is 0 Å². The molecule has 0 saturated carbocycles. The first-order valence-corrected chi connectivity index (χ1v) is 11.4. The summed E-state index contributed by atoms with van der Waals surface area (Å²) in [6, 6.07) is 0. The molecule has 0 fully saturated rings. The maximum Gasteiger partial charge on any atom is 0.305 e. The normalized spacial score (nSPS) is 11.6. The first kappa shape index (κ1) is 27.6. The highest BCUT2D eigenvalue weighted by Gasteiger charge is 1.99. The van der Waals surface area contributed by atoms with Crippen molar-refractivity contribution in [3.8, 4) is 0 Å². The van der Waals surface area contributed by atoms with E-state index in [9.17, 15) is 4.79 Å². The van der Waals surface area contributed by atoms with Gasteiger partial charge in [-0.3, -0.25) is 4.79 Å². The summed E-state index contributed by atoms with van der Waals surface area (Å²) in [6.45, 7) is 6.35. The summed E-state index contributed by atoms with van der Waals surface area (Å²) in [4.78, 5) is 10.9. The van der Waals surface area contributed by atoms with Crippen LogP contribution in [0.4, 0.5) is 0 Å². The second-order valence-corrected chi connectivity index (χ2v) is 7.42. The first-order valence-electron chi connectivity index (χ1n) is 11.4. The van der Waals surface area contributed by atoms with Crippen molar-refractivity contribution >= 4 is 5.97 Å². The van der Waals surface area contributed by atoms with E-state index in [2.05, 4.69) is 18.6 Å². The Hall–Kier alpha value is -0.570. The Labute approximate surface area is 164 Å². The molecule has 3 heteroatoms. The Morgan fingerprint density at radius 2 is 1.15 bits per heavy atom. The average molecular weight is 373 g/mol. The molecule has 0 radical (unpaired) electrons. The first-order chi connectivity index (χ1) is 12.6. The molecule has 0 aliphatic carbocycles. The fourth-order valence-electron chi connectivity index (χ4n) is 2.93. The Morgan fingerprint density at radius 1 is 0.731 bits per heavy atom. The van der Waals surface area contributed by atoms with Crippen LogP contribution in [0.1, 0.15) is 130 Å². The van der Waals surface area contributed by atoms with Crippen molar-refractivity contribution in [3.63, 3.8) is 0 Å². The molecule has 0 rings (SSSR count). The molecule has 0 amide bonds. The molecule has 0 heterocycles. The molecule has 0 aromatic rings. The lowest BCUT2D eigenvalue weighted by atomic mass is 10.0. The largest absolute Gasteiger partial charge is 0.469 e. The SMILES string of the molecule is CCCC(O)CC.CCCCCCCCCCCCCCCC(=O)OC. The molecule has 1 atom stereocenters. The summed E-state index contributed by atoms with van der Waals surface area (Å²) in [7, 11) is 1.46. The van der Waals surface area contributed by atoms with Gasteiger partial charge in [-0.1, -0.05) is 104 Å². The van der Waals surface area contributed by atoms with Gasteiger partial charge in [0.2, 0.25) is 0 Å². The molecule has 1 unspecified atom stereocenters. The van der Waals surface area contributed by atoms with Crippen molar-refractivity contribution in [1.82, 2.24) is 0 Å². The maximum atomic E-state index is 10.9. The number of hydrogen-bond donors (Lipinski definition) is 1. The van der Waals surface area contributed by atoms with Crippen LogP contribution in [0.2, 0.25) is 0 Å². The number of rotatable bonds is 17. The number of unbranched alkanes of at least 4 members (excludes halogenated alkanes) is 12. The van der Waals surface area contributed by atoms with Crippen molar-refractivity contribution in [2.24, 2.45) is 0 Å². The Balaban J connectivity index is 0. The molecule has 26 heavy (non-hydrogen) atoms. The van der Waals surface area contributed by atoms with Crippen LogP contribution in [0.15, 0.2) is 0 Å². The number of aliphatic hydroxyl groups excluding tert-OH is 1. The zero-order valence-electron chi connectivity index (χ0n) is 18.4. The third kappa shape index (κ3) is 25.7. The second kappa shape index (κ2) is 24.4. The van der Waals surface area contributed by atoms with E-state index in [0.717, 1.165) is 25.7 Å². The number of ether oxygens (including phenoxy) is 1. The van der Waals surface area contributed by atoms with Gasteiger partial charge in [0.25, 0.3) is 0 Å². The minimum absolute atomic E-state index is 0.0509. The van der Waals surface area contributed by atoms with Gasteiger partial charge in [-0.05, 0) is 19.3 Å². The predicted octanol–water partition coefficient (Wildman–Crippen LogP) is 7.20. The third-order valence-corrected chi connectivity index (χ3v) is 4.81. The van der Waals surface area contributed by atoms with Gasteiger partial charge in [0, 0.05) is 6.42 Å². The lowest BCUT2D eigenvalue weighted by Gasteiger charge is -2.03. The van der Waals surface area contributed by atoms with Gasteiger partial charge in [-0.25, -0.2) is 0 Å². The van der Waals surface area contributed by atoms with Gasteiger partial charge in [0.05, 0.1) is 13.2 Å². The molecule has 0 spiro atoms. The highest BCUT2D eigenvalue weighted by atomic mass is 16.5. The number of carbonyl (C=O) groups excluding carboxylic acids is 1. The Kier molecular flexibility index (Phi) is 26.0. The lowest BCUT2D eigenvalue weighted by Crippen LogP contribution is -2.01. The monoisotopic (exact) mass is 372 g/mol. The summed E-state index contributed by atoms with van der Waals surface area (Å²) in [5.74, 6) is -0.0666. The quantitative estimate of drug-likeness (QED) is 0.217. The smallest absolute Gasteiger partial charge is 0.305 e. The molecule has 0 aliphatic heterocycles. The molecule has 158 valence electrons. The van der Waals surface area contributed by atoms with Gasteiger partial charge in [-0.2, -0.15) is 0 Å². The number of aliphatic hydroxyl groups is 1. The van der Waals surface area contributed by atoms with Crippen molar-refractivity contribution in [2.75, 3.05) is 7.11 Å². The molecule has 0 aliphatic rings. The highest BCUT2D eigenvalue weighted by molar-refractivity contribution is 5.68. The summed E-state index contributed by atoms with van der Waals surface area (Å²) in [5.41, 5.74) is 0. The molecule has 1 N–H and O–H groups in total. The molecule has 0 bridgehead atoms. The van der Waals surface area contributed by atoms with Gasteiger partial charge < -0.3 is 9.84 Å². The molecular weight excluding hydrogens is 324 g/mol. The van der Waals surface area contributed by atoms with E-state index >= 15 is 0 Å². The Morgan fingerprint density at radius 3 is 1.46 bits per heavy atom. The van der Waals surface area contributed by atoms with E-state index in [1.807, 2.05) is 6.92 Å². The van der Waals surface area contributed by atoms with Crippen molar-refractivity contribution in [1.29, 1.82) is 0 Å². The van der Waals surface area contributed by atoms with E-state index in [0.29, 0.717) is 6.42 Å². The van der Waals surface area contributed by atoms with Crippen molar-refractivity contribution in [3.05, 3.63) is 0 Å². The van der Waals surface area contributed by atoms with Gasteiger partial charge >= 0.3 is 5.97 Å². The van der Waals surface area contributed by atoms with Crippen LogP contribution in [-0.4, -0.2) is 24.3 Å². The zero-order valence-corrected chi connectivity index (χ0v) is 18.4. The van der Waals surface area contributed by atoms with Crippen LogP contribution in [0, 0.1) is 0 Å². The van der Waals surface area contributed by atoms with Crippen molar-refractivity contribution in [2.45, 2.75) is 136 Å². The average Bonchev–Trinajstić information content (AvgIpc) is 2.65. The number of esters is 1. The van der Waals surface area contributed by atoms with Crippen LogP contribution in [-0.2, 0) is 9.53 Å². The molecule has 0 aromatic heterocycles.